The van der Waals surface area contributed by atoms with Crippen LogP contribution in [0, 0.1) is 20.8 Å². The number of carbonyl (C=O) groups excluding carboxylic acids is 3. The zero-order valence-electron chi connectivity index (χ0n) is 15.9. The normalized spacial score (nSPS) is 17.1. The molecule has 0 bridgehead atoms. The molecule has 1 aromatic heterocycles. The van der Waals surface area contributed by atoms with Gasteiger partial charge in [0, 0.05) is 28.7 Å². The SMILES string of the molecule is Cc1ccc(-n2c(C)cc(C(=O)CN3C(=O)CN(C4CC4)C3=O)c2C)cc1. The van der Waals surface area contributed by atoms with Gasteiger partial charge in [0.25, 0.3) is 5.91 Å². The van der Waals surface area contributed by atoms with E-state index < -0.39 is 0 Å². The van der Waals surface area contributed by atoms with Crippen LogP contribution >= 0.6 is 0 Å². The first-order valence-corrected chi connectivity index (χ1v) is 9.27. The maximum Gasteiger partial charge on any atom is 0.327 e. The molecule has 1 saturated heterocycles. The third-order valence-electron chi connectivity index (χ3n) is 5.40. The van der Waals surface area contributed by atoms with E-state index in [2.05, 4.69) is 0 Å². The summed E-state index contributed by atoms with van der Waals surface area (Å²) in [5.74, 6) is -0.492. The van der Waals surface area contributed by atoms with Crippen molar-refractivity contribution in [1.82, 2.24) is 14.4 Å². The van der Waals surface area contributed by atoms with E-state index >= 15 is 0 Å². The summed E-state index contributed by atoms with van der Waals surface area (Å²) in [5, 5.41) is 0. The predicted octanol–water partition coefficient (Wildman–Crippen LogP) is 3.01. The highest BCUT2D eigenvalue weighted by Gasteiger charge is 2.44. The number of Topliss-reactive ketones (excluding diaryl/α,β-unsaturated/α-hetero) is 1. The summed E-state index contributed by atoms with van der Waals surface area (Å²) >= 11 is 0. The maximum atomic E-state index is 12.9. The lowest BCUT2D eigenvalue weighted by atomic mass is 10.1. The number of urea groups is 1. The smallest absolute Gasteiger partial charge is 0.318 e. The maximum absolute atomic E-state index is 12.9. The number of aryl methyl sites for hydroxylation is 2. The lowest BCUT2D eigenvalue weighted by Gasteiger charge is -2.16. The molecule has 2 aliphatic rings. The second-order valence-electron chi connectivity index (χ2n) is 7.50. The van der Waals surface area contributed by atoms with E-state index in [0.29, 0.717) is 5.56 Å². The first kappa shape index (κ1) is 17.5. The number of ketones is 1. The second kappa shape index (κ2) is 6.37. The molecule has 0 radical (unpaired) electrons. The largest absolute Gasteiger partial charge is 0.327 e. The molecule has 1 aliphatic carbocycles. The zero-order valence-corrected chi connectivity index (χ0v) is 15.9. The number of hydrogen-bond acceptors (Lipinski definition) is 3. The lowest BCUT2D eigenvalue weighted by molar-refractivity contribution is -0.125. The van der Waals surface area contributed by atoms with Crippen LogP contribution in [0.15, 0.2) is 30.3 Å². The number of amides is 3. The molecule has 0 N–H and O–H groups in total. The van der Waals surface area contributed by atoms with Gasteiger partial charge in [0.1, 0.15) is 6.54 Å². The summed E-state index contributed by atoms with van der Waals surface area (Å²) in [6.45, 7) is 5.77. The molecule has 6 nitrogen and oxygen atoms in total. The molecule has 3 amide bonds. The Hall–Kier alpha value is -2.89. The van der Waals surface area contributed by atoms with Crippen LogP contribution in [-0.2, 0) is 4.79 Å². The minimum absolute atomic E-state index is 0.0964. The predicted molar refractivity (Wildman–Crippen MR) is 101 cm³/mol. The van der Waals surface area contributed by atoms with Gasteiger partial charge in [-0.1, -0.05) is 17.7 Å². The van der Waals surface area contributed by atoms with Crippen molar-refractivity contribution in [2.75, 3.05) is 13.1 Å². The Morgan fingerprint density at radius 2 is 1.74 bits per heavy atom. The van der Waals surface area contributed by atoms with Gasteiger partial charge in [-0.2, -0.15) is 0 Å². The zero-order chi connectivity index (χ0) is 19.3. The first-order valence-electron chi connectivity index (χ1n) is 9.27. The molecule has 2 fully saturated rings. The van der Waals surface area contributed by atoms with Crippen LogP contribution in [0.2, 0.25) is 0 Å². The summed E-state index contributed by atoms with van der Waals surface area (Å²) in [7, 11) is 0. The second-order valence-corrected chi connectivity index (χ2v) is 7.50. The van der Waals surface area contributed by atoms with Gasteiger partial charge in [-0.25, -0.2) is 4.79 Å². The lowest BCUT2D eigenvalue weighted by Crippen LogP contribution is -2.37. The Kier molecular flexibility index (Phi) is 4.13. The number of aromatic nitrogens is 1. The number of benzene rings is 1. The van der Waals surface area contributed by atoms with Gasteiger partial charge in [0.05, 0.1) is 6.54 Å². The van der Waals surface area contributed by atoms with Crippen molar-refractivity contribution in [2.24, 2.45) is 0 Å². The average molecular weight is 365 g/mol. The van der Waals surface area contributed by atoms with Crippen LogP contribution in [0.25, 0.3) is 5.69 Å². The summed E-state index contributed by atoms with van der Waals surface area (Å²) in [4.78, 5) is 40.2. The number of hydrogen-bond donors (Lipinski definition) is 0. The van der Waals surface area contributed by atoms with Crippen molar-refractivity contribution in [3.63, 3.8) is 0 Å². The highest BCUT2D eigenvalue weighted by molar-refractivity contribution is 6.08. The highest BCUT2D eigenvalue weighted by atomic mass is 16.2. The van der Waals surface area contributed by atoms with Gasteiger partial charge in [-0.15, -0.1) is 0 Å². The molecule has 1 aliphatic heterocycles. The Bertz CT molecular complexity index is 938. The molecule has 2 aromatic rings. The number of rotatable bonds is 5. The Balaban J connectivity index is 1.58. The quantitative estimate of drug-likeness (QED) is 0.604. The molecule has 27 heavy (non-hydrogen) atoms. The summed E-state index contributed by atoms with van der Waals surface area (Å²) in [5.41, 5.74) is 4.48. The molecule has 1 aromatic carbocycles. The molecule has 2 heterocycles. The van der Waals surface area contributed by atoms with Gasteiger partial charge < -0.3 is 9.47 Å². The molecule has 0 unspecified atom stereocenters. The number of imide groups is 1. The van der Waals surface area contributed by atoms with Gasteiger partial charge in [-0.3, -0.25) is 14.5 Å². The third-order valence-corrected chi connectivity index (χ3v) is 5.40. The van der Waals surface area contributed by atoms with E-state index in [0.717, 1.165) is 34.8 Å². The summed E-state index contributed by atoms with van der Waals surface area (Å²) in [6.07, 6.45) is 1.89. The fourth-order valence-electron chi connectivity index (χ4n) is 3.75. The Morgan fingerprint density at radius 3 is 2.37 bits per heavy atom. The van der Waals surface area contributed by atoms with Gasteiger partial charge in [-0.05, 0) is 51.8 Å². The van der Waals surface area contributed by atoms with Crippen molar-refractivity contribution >= 4 is 17.7 Å². The van der Waals surface area contributed by atoms with Crippen LogP contribution < -0.4 is 0 Å². The van der Waals surface area contributed by atoms with E-state index in [1.807, 2.05) is 55.7 Å². The summed E-state index contributed by atoms with van der Waals surface area (Å²) < 4.78 is 2.02. The van der Waals surface area contributed by atoms with Crippen molar-refractivity contribution in [2.45, 2.75) is 39.7 Å². The average Bonchev–Trinajstić information content (AvgIpc) is 3.38. The van der Waals surface area contributed by atoms with Crippen LogP contribution in [-0.4, -0.2) is 51.2 Å². The Morgan fingerprint density at radius 1 is 1.07 bits per heavy atom. The minimum atomic E-state index is -0.330. The van der Waals surface area contributed by atoms with Crippen LogP contribution in [0.3, 0.4) is 0 Å². The fourth-order valence-corrected chi connectivity index (χ4v) is 3.75. The number of carbonyl (C=O) groups is 3. The van der Waals surface area contributed by atoms with Crippen LogP contribution in [0.5, 0.6) is 0 Å². The highest BCUT2D eigenvalue weighted by Crippen LogP contribution is 2.30. The fraction of sp³-hybridized carbons (Fsp3) is 0.381. The van der Waals surface area contributed by atoms with E-state index in [-0.39, 0.29) is 36.9 Å². The first-order chi connectivity index (χ1) is 12.9. The van der Waals surface area contributed by atoms with Crippen molar-refractivity contribution < 1.29 is 14.4 Å². The Labute approximate surface area is 158 Å². The van der Waals surface area contributed by atoms with Gasteiger partial charge in [0.15, 0.2) is 5.78 Å². The molecule has 4 rings (SSSR count). The van der Waals surface area contributed by atoms with Gasteiger partial charge in [0.2, 0.25) is 0 Å². The van der Waals surface area contributed by atoms with Crippen molar-refractivity contribution in [3.05, 3.63) is 52.8 Å². The van der Waals surface area contributed by atoms with Crippen molar-refractivity contribution in [1.29, 1.82) is 0 Å². The standard InChI is InChI=1S/C21H23N3O3/c1-13-4-6-17(7-5-13)24-14(2)10-18(15(24)3)19(25)11-23-20(26)12-22(21(23)27)16-8-9-16/h4-7,10,16H,8-9,11-12H2,1-3H3. The van der Waals surface area contributed by atoms with E-state index in [9.17, 15) is 14.4 Å². The third kappa shape index (κ3) is 3.05. The molecule has 0 atom stereocenters. The molecule has 1 saturated carbocycles. The molecule has 140 valence electrons. The van der Waals surface area contributed by atoms with Gasteiger partial charge >= 0.3 is 6.03 Å². The van der Waals surface area contributed by atoms with Crippen LogP contribution in [0.4, 0.5) is 4.79 Å². The van der Waals surface area contributed by atoms with Crippen LogP contribution in [0.1, 0.15) is 40.2 Å². The molecule has 0 spiro atoms. The topological polar surface area (TPSA) is 62.6 Å². The van der Waals surface area contributed by atoms with E-state index in [1.54, 1.807) is 4.90 Å². The van der Waals surface area contributed by atoms with E-state index in [1.165, 1.54) is 5.56 Å². The summed E-state index contributed by atoms with van der Waals surface area (Å²) in [6, 6.07) is 9.78. The molecule has 6 heteroatoms. The molecular weight excluding hydrogens is 342 g/mol. The molecular formula is C21H23N3O3. The number of nitrogens with zero attached hydrogens (tertiary/aromatic N) is 3. The van der Waals surface area contributed by atoms with Crippen molar-refractivity contribution in [3.8, 4) is 5.69 Å². The van der Waals surface area contributed by atoms with E-state index in [4.69, 9.17) is 0 Å². The minimum Gasteiger partial charge on any atom is -0.318 e. The monoisotopic (exact) mass is 365 g/mol.